The maximum atomic E-state index is 6.00. The molecule has 0 fully saturated rings. The minimum absolute atomic E-state index is 0.547. The highest BCUT2D eigenvalue weighted by Crippen LogP contribution is 2.31. The Morgan fingerprint density at radius 2 is 1.94 bits per heavy atom. The van der Waals surface area contributed by atoms with Gasteiger partial charge in [0, 0.05) is 16.2 Å². The maximum Gasteiger partial charge on any atom is 0.0603 e. The molecule has 0 aliphatic heterocycles. The lowest BCUT2D eigenvalue weighted by Gasteiger charge is -2.17. The van der Waals surface area contributed by atoms with Crippen LogP contribution >= 0.6 is 35.0 Å². The number of halogens is 2. The molecule has 96 valence electrons. The summed E-state index contributed by atoms with van der Waals surface area (Å²) in [6.07, 6.45) is 1.14. The van der Waals surface area contributed by atoms with E-state index in [0.29, 0.717) is 21.3 Å². The number of nitrogens with one attached hydrogen (secondary N) is 1. The molecule has 0 aliphatic carbocycles. The Morgan fingerprint density at radius 3 is 2.53 bits per heavy atom. The fraction of sp³-hybridized carbons (Fsp3) is 0.538. The Hall–Kier alpha value is 0.110. The number of hydrogen-bond donors (Lipinski definition) is 1. The summed E-state index contributed by atoms with van der Waals surface area (Å²) in [5.41, 5.74) is 0. The van der Waals surface area contributed by atoms with Gasteiger partial charge in [0.15, 0.2) is 0 Å². The van der Waals surface area contributed by atoms with E-state index in [1.165, 1.54) is 4.90 Å². The average molecular weight is 292 g/mol. The molecule has 1 N–H and O–H groups in total. The van der Waals surface area contributed by atoms with Crippen molar-refractivity contribution in [2.75, 3.05) is 6.54 Å². The van der Waals surface area contributed by atoms with Gasteiger partial charge >= 0.3 is 0 Å². The molecule has 0 heterocycles. The van der Waals surface area contributed by atoms with Crippen LogP contribution in [0, 0.1) is 0 Å². The minimum Gasteiger partial charge on any atom is -0.314 e. The molecule has 2 atom stereocenters. The van der Waals surface area contributed by atoms with Crippen LogP contribution in [0.1, 0.15) is 27.2 Å². The molecule has 0 saturated heterocycles. The van der Waals surface area contributed by atoms with Gasteiger partial charge in [0.1, 0.15) is 0 Å². The van der Waals surface area contributed by atoms with Gasteiger partial charge in [-0.2, -0.15) is 0 Å². The van der Waals surface area contributed by atoms with E-state index < -0.39 is 0 Å². The van der Waals surface area contributed by atoms with Crippen molar-refractivity contribution in [2.24, 2.45) is 0 Å². The Bertz CT molecular complexity index is 357. The predicted molar refractivity (Wildman–Crippen MR) is 79.5 cm³/mol. The fourth-order valence-corrected chi connectivity index (χ4v) is 3.31. The summed E-state index contributed by atoms with van der Waals surface area (Å²) >= 11 is 13.7. The Balaban J connectivity index is 2.50. The molecule has 0 amide bonds. The van der Waals surface area contributed by atoms with Crippen molar-refractivity contribution in [1.29, 1.82) is 0 Å². The Labute approximate surface area is 118 Å². The van der Waals surface area contributed by atoms with Crippen LogP contribution in [0.5, 0.6) is 0 Å². The molecule has 1 aromatic rings. The molecule has 2 unspecified atom stereocenters. The zero-order valence-electron chi connectivity index (χ0n) is 10.5. The smallest absolute Gasteiger partial charge is 0.0603 e. The quantitative estimate of drug-likeness (QED) is 0.751. The van der Waals surface area contributed by atoms with Gasteiger partial charge in [-0.1, -0.05) is 37.0 Å². The SMILES string of the molecule is CCNC(C)CC(C)Sc1ccc(Cl)c(Cl)c1. The van der Waals surface area contributed by atoms with E-state index in [-0.39, 0.29) is 0 Å². The van der Waals surface area contributed by atoms with Crippen molar-refractivity contribution >= 4 is 35.0 Å². The molecule has 0 aliphatic rings. The summed E-state index contributed by atoms with van der Waals surface area (Å²) in [5, 5.41) is 5.22. The summed E-state index contributed by atoms with van der Waals surface area (Å²) < 4.78 is 0. The van der Waals surface area contributed by atoms with Gasteiger partial charge in [-0.3, -0.25) is 0 Å². The molecule has 1 aromatic carbocycles. The van der Waals surface area contributed by atoms with Crippen molar-refractivity contribution in [1.82, 2.24) is 5.32 Å². The first-order valence-electron chi connectivity index (χ1n) is 5.88. The lowest BCUT2D eigenvalue weighted by Crippen LogP contribution is -2.28. The van der Waals surface area contributed by atoms with Crippen molar-refractivity contribution < 1.29 is 0 Å². The van der Waals surface area contributed by atoms with Crippen molar-refractivity contribution in [3.8, 4) is 0 Å². The Morgan fingerprint density at radius 1 is 1.24 bits per heavy atom. The molecule has 4 heteroatoms. The molecule has 0 aromatic heterocycles. The average Bonchev–Trinajstić information content (AvgIpc) is 2.23. The van der Waals surface area contributed by atoms with Crippen molar-refractivity contribution in [3.63, 3.8) is 0 Å². The van der Waals surface area contributed by atoms with E-state index in [2.05, 4.69) is 26.1 Å². The molecule has 17 heavy (non-hydrogen) atoms. The summed E-state index contributed by atoms with van der Waals surface area (Å²) in [4.78, 5) is 1.18. The monoisotopic (exact) mass is 291 g/mol. The van der Waals surface area contributed by atoms with Crippen LogP contribution in [0.25, 0.3) is 0 Å². The van der Waals surface area contributed by atoms with E-state index >= 15 is 0 Å². The van der Waals surface area contributed by atoms with Gasteiger partial charge in [0.05, 0.1) is 10.0 Å². The zero-order chi connectivity index (χ0) is 12.8. The number of hydrogen-bond acceptors (Lipinski definition) is 2. The van der Waals surface area contributed by atoms with Crippen molar-refractivity contribution in [3.05, 3.63) is 28.2 Å². The summed E-state index contributed by atoms with van der Waals surface area (Å²) in [5.74, 6) is 0. The van der Waals surface area contributed by atoms with Crippen LogP contribution in [0.2, 0.25) is 10.0 Å². The maximum absolute atomic E-state index is 6.00. The molecule has 0 saturated carbocycles. The van der Waals surface area contributed by atoms with E-state index in [1.807, 2.05) is 30.0 Å². The first kappa shape index (κ1) is 15.2. The van der Waals surface area contributed by atoms with Gasteiger partial charge < -0.3 is 5.32 Å². The normalized spacial score (nSPS) is 14.6. The topological polar surface area (TPSA) is 12.0 Å². The first-order chi connectivity index (χ1) is 8.02. The highest BCUT2D eigenvalue weighted by Gasteiger charge is 2.10. The van der Waals surface area contributed by atoms with Crippen molar-refractivity contribution in [2.45, 2.75) is 43.4 Å². The van der Waals surface area contributed by atoms with E-state index in [1.54, 1.807) is 0 Å². The van der Waals surface area contributed by atoms with E-state index in [9.17, 15) is 0 Å². The molecule has 0 bridgehead atoms. The first-order valence-corrected chi connectivity index (χ1v) is 7.51. The third-order valence-corrected chi connectivity index (χ3v) is 4.33. The molecule has 0 spiro atoms. The Kier molecular flexibility index (Phi) is 6.71. The minimum atomic E-state index is 0.547. The largest absolute Gasteiger partial charge is 0.314 e. The fourth-order valence-electron chi connectivity index (χ4n) is 1.76. The summed E-state index contributed by atoms with van der Waals surface area (Å²) in [7, 11) is 0. The third-order valence-electron chi connectivity index (χ3n) is 2.47. The van der Waals surface area contributed by atoms with Gasteiger partial charge in [0.25, 0.3) is 0 Å². The number of thioether (sulfide) groups is 1. The predicted octanol–water partition coefficient (Wildman–Crippen LogP) is 4.86. The van der Waals surface area contributed by atoms with Crippen LogP contribution in [0.3, 0.4) is 0 Å². The van der Waals surface area contributed by atoms with Gasteiger partial charge in [0.2, 0.25) is 0 Å². The lowest BCUT2D eigenvalue weighted by atomic mass is 10.2. The van der Waals surface area contributed by atoms with Gasteiger partial charge in [-0.25, -0.2) is 0 Å². The van der Waals surface area contributed by atoms with Gasteiger partial charge in [-0.15, -0.1) is 11.8 Å². The van der Waals surface area contributed by atoms with E-state index in [4.69, 9.17) is 23.2 Å². The number of benzene rings is 1. The second-order valence-corrected chi connectivity index (χ2v) is 6.53. The molecule has 1 nitrogen and oxygen atoms in total. The molecule has 0 radical (unpaired) electrons. The number of rotatable bonds is 6. The van der Waals surface area contributed by atoms with Crippen LogP contribution < -0.4 is 5.32 Å². The molecule has 1 rings (SSSR count). The third kappa shape index (κ3) is 5.52. The zero-order valence-corrected chi connectivity index (χ0v) is 12.8. The highest BCUT2D eigenvalue weighted by molar-refractivity contribution is 7.99. The van der Waals surface area contributed by atoms with Crippen LogP contribution in [-0.2, 0) is 0 Å². The summed E-state index contributed by atoms with van der Waals surface area (Å²) in [6.45, 7) is 7.61. The molecular weight excluding hydrogens is 273 g/mol. The van der Waals surface area contributed by atoms with Gasteiger partial charge in [-0.05, 0) is 38.1 Å². The van der Waals surface area contributed by atoms with Crippen LogP contribution in [-0.4, -0.2) is 17.8 Å². The lowest BCUT2D eigenvalue weighted by molar-refractivity contribution is 0.530. The second kappa shape index (κ2) is 7.52. The standard InChI is InChI=1S/C13H19Cl2NS/c1-4-16-9(2)7-10(3)17-11-5-6-12(14)13(15)8-11/h5-6,8-10,16H,4,7H2,1-3H3. The van der Waals surface area contributed by atoms with Crippen LogP contribution in [0.4, 0.5) is 0 Å². The van der Waals surface area contributed by atoms with E-state index in [0.717, 1.165) is 13.0 Å². The second-order valence-electron chi connectivity index (χ2n) is 4.20. The summed E-state index contributed by atoms with van der Waals surface area (Å²) in [6, 6.07) is 6.36. The van der Waals surface area contributed by atoms with Crippen LogP contribution in [0.15, 0.2) is 23.1 Å². The molecular formula is C13H19Cl2NS. The highest BCUT2D eigenvalue weighted by atomic mass is 35.5.